The van der Waals surface area contributed by atoms with Crippen LogP contribution < -0.4 is 11.1 Å². The van der Waals surface area contributed by atoms with Crippen LogP contribution in [0.2, 0.25) is 0 Å². The summed E-state index contributed by atoms with van der Waals surface area (Å²) in [5, 5.41) is 13.4. The first-order chi connectivity index (χ1) is 16.5. The lowest BCUT2D eigenvalue weighted by Gasteiger charge is -2.15. The molecule has 0 saturated carbocycles. The van der Waals surface area contributed by atoms with Crippen molar-refractivity contribution in [2.24, 2.45) is 10.7 Å². The molecule has 1 heterocycles. The minimum atomic E-state index is -0.692. The molecular formula is C26H30N4O4. The number of phenols is 1. The van der Waals surface area contributed by atoms with Crippen LogP contribution in [0.25, 0.3) is 0 Å². The van der Waals surface area contributed by atoms with Crippen LogP contribution in [0.3, 0.4) is 0 Å². The number of ether oxygens (including phenoxy) is 1. The second-order valence-electron chi connectivity index (χ2n) is 7.93. The van der Waals surface area contributed by atoms with Crippen LogP contribution in [-0.4, -0.2) is 54.1 Å². The van der Waals surface area contributed by atoms with Crippen molar-refractivity contribution in [1.29, 1.82) is 0 Å². The third-order valence-electron chi connectivity index (χ3n) is 5.35. The number of amidine groups is 1. The molecule has 4 N–H and O–H groups in total. The van der Waals surface area contributed by atoms with Crippen LogP contribution in [-0.2, 0) is 4.74 Å². The van der Waals surface area contributed by atoms with Gasteiger partial charge in [-0.2, -0.15) is 4.99 Å². The minimum Gasteiger partial charge on any atom is -0.507 e. The quantitative estimate of drug-likeness (QED) is 0.250. The number of carbonyl (C=O) groups is 2. The molecule has 0 bridgehead atoms. The van der Waals surface area contributed by atoms with Gasteiger partial charge < -0.3 is 25.8 Å². The Morgan fingerprint density at radius 2 is 1.91 bits per heavy atom. The van der Waals surface area contributed by atoms with Crippen molar-refractivity contribution in [3.63, 3.8) is 0 Å². The van der Waals surface area contributed by atoms with Crippen LogP contribution >= 0.6 is 0 Å². The fraction of sp³-hybridized carbons (Fsp3) is 0.346. The summed E-state index contributed by atoms with van der Waals surface area (Å²) in [5.74, 6) is 5.87. The van der Waals surface area contributed by atoms with Crippen LogP contribution in [0, 0.1) is 11.8 Å². The summed E-state index contributed by atoms with van der Waals surface area (Å²) in [6.07, 6.45) is 3.03. The van der Waals surface area contributed by atoms with Gasteiger partial charge in [0.05, 0.1) is 18.7 Å². The van der Waals surface area contributed by atoms with E-state index < -0.39 is 6.09 Å². The van der Waals surface area contributed by atoms with Crippen molar-refractivity contribution < 1.29 is 19.4 Å². The average Bonchev–Trinajstić information content (AvgIpc) is 3.37. The number of nitrogens with zero attached hydrogens (tertiary/aromatic N) is 2. The second kappa shape index (κ2) is 12.3. The highest BCUT2D eigenvalue weighted by atomic mass is 16.5. The number of rotatable bonds is 7. The molecule has 0 atom stereocenters. The highest BCUT2D eigenvalue weighted by molar-refractivity contribution is 6.03. The fourth-order valence-corrected chi connectivity index (χ4v) is 3.43. The maximum absolute atomic E-state index is 12.5. The van der Waals surface area contributed by atoms with Gasteiger partial charge in [0, 0.05) is 29.9 Å². The number of anilines is 1. The largest absolute Gasteiger partial charge is 0.507 e. The molecule has 34 heavy (non-hydrogen) atoms. The summed E-state index contributed by atoms with van der Waals surface area (Å²) in [6.45, 7) is 4.18. The van der Waals surface area contributed by atoms with Crippen LogP contribution in [0.15, 0.2) is 47.5 Å². The number of phenolic OH excluding ortho intramolecular Hbond substituents is 1. The topological polar surface area (TPSA) is 117 Å². The molecule has 8 heteroatoms. The summed E-state index contributed by atoms with van der Waals surface area (Å²) < 4.78 is 4.98. The average molecular weight is 463 g/mol. The number of hydrogen-bond donors (Lipinski definition) is 3. The van der Waals surface area contributed by atoms with Crippen LogP contribution in [0.5, 0.6) is 5.75 Å². The summed E-state index contributed by atoms with van der Waals surface area (Å²) in [7, 11) is 0. The minimum absolute atomic E-state index is 0.0549. The first-order valence-corrected chi connectivity index (χ1v) is 11.4. The number of aromatic hydroxyl groups is 1. The summed E-state index contributed by atoms with van der Waals surface area (Å²) in [5.41, 5.74) is 8.25. The van der Waals surface area contributed by atoms with E-state index in [0.717, 1.165) is 44.5 Å². The van der Waals surface area contributed by atoms with Gasteiger partial charge in [-0.1, -0.05) is 25.2 Å². The van der Waals surface area contributed by atoms with Crippen molar-refractivity contribution in [3.8, 4) is 17.6 Å². The van der Waals surface area contributed by atoms with Crippen molar-refractivity contribution in [2.45, 2.75) is 32.6 Å². The highest BCUT2D eigenvalue weighted by Crippen LogP contribution is 2.22. The van der Waals surface area contributed by atoms with E-state index in [4.69, 9.17) is 10.5 Å². The zero-order chi connectivity index (χ0) is 24.3. The lowest BCUT2D eigenvalue weighted by molar-refractivity contribution is 0.0789. The molecule has 0 spiro atoms. The summed E-state index contributed by atoms with van der Waals surface area (Å²) in [6, 6.07) is 12.0. The first-order valence-electron chi connectivity index (χ1n) is 11.4. The molecule has 1 aliphatic rings. The van der Waals surface area contributed by atoms with Crippen molar-refractivity contribution in [1.82, 2.24) is 4.90 Å². The SMILES string of the molecule is CCCCOC(=O)N=C(N)c1ccc(NCC#Cc2ccc(C(=O)N3CCCC3)c(O)c2)cc1. The first kappa shape index (κ1) is 24.6. The Morgan fingerprint density at radius 1 is 1.18 bits per heavy atom. The van der Waals surface area contributed by atoms with Crippen LogP contribution in [0.4, 0.5) is 10.5 Å². The number of amides is 2. The predicted octanol–water partition coefficient (Wildman–Crippen LogP) is 3.73. The van der Waals surface area contributed by atoms with Gasteiger partial charge in [0.2, 0.25) is 0 Å². The number of likely N-dealkylation sites (tertiary alicyclic amines) is 1. The lowest BCUT2D eigenvalue weighted by Crippen LogP contribution is -2.27. The molecule has 178 valence electrons. The Labute approximate surface area is 199 Å². The Morgan fingerprint density at radius 3 is 2.59 bits per heavy atom. The smallest absolute Gasteiger partial charge is 0.435 e. The van der Waals surface area contributed by atoms with Gasteiger partial charge in [0.25, 0.3) is 5.91 Å². The van der Waals surface area contributed by atoms with E-state index in [1.807, 2.05) is 19.1 Å². The van der Waals surface area contributed by atoms with Gasteiger partial charge in [0.1, 0.15) is 11.6 Å². The molecule has 1 fully saturated rings. The van der Waals surface area contributed by atoms with E-state index in [1.165, 1.54) is 6.07 Å². The summed E-state index contributed by atoms with van der Waals surface area (Å²) >= 11 is 0. The lowest BCUT2D eigenvalue weighted by atomic mass is 10.1. The molecule has 3 rings (SSSR count). The van der Waals surface area contributed by atoms with Gasteiger partial charge in [-0.25, -0.2) is 4.79 Å². The molecule has 1 saturated heterocycles. The molecule has 2 aromatic rings. The zero-order valence-corrected chi connectivity index (χ0v) is 19.3. The Balaban J connectivity index is 1.51. The maximum atomic E-state index is 12.5. The number of nitrogens with one attached hydrogen (secondary N) is 1. The molecule has 0 radical (unpaired) electrons. The molecule has 0 unspecified atom stereocenters. The monoisotopic (exact) mass is 462 g/mol. The van der Waals surface area contributed by atoms with E-state index in [1.54, 1.807) is 29.2 Å². The van der Waals surface area contributed by atoms with Gasteiger partial charge in [-0.05, 0) is 61.7 Å². The third kappa shape index (κ3) is 7.01. The molecule has 0 aliphatic carbocycles. The number of carbonyl (C=O) groups excluding carboxylic acids is 2. The maximum Gasteiger partial charge on any atom is 0.435 e. The molecular weight excluding hydrogens is 432 g/mol. The van der Waals surface area contributed by atoms with Gasteiger partial charge in [-0.3, -0.25) is 4.79 Å². The van der Waals surface area contributed by atoms with Gasteiger partial charge in [0.15, 0.2) is 0 Å². The third-order valence-corrected chi connectivity index (χ3v) is 5.35. The van der Waals surface area contributed by atoms with E-state index in [-0.39, 0.29) is 17.5 Å². The predicted molar refractivity (Wildman–Crippen MR) is 132 cm³/mol. The normalized spacial score (nSPS) is 13.2. The van der Waals surface area contributed by atoms with E-state index in [0.29, 0.717) is 29.8 Å². The zero-order valence-electron chi connectivity index (χ0n) is 19.3. The number of aliphatic imine (C=N–C) groups is 1. The standard InChI is InChI=1S/C26H30N4O4/c1-2-3-17-34-26(33)29-24(27)20-9-11-21(12-10-20)28-14-6-7-19-8-13-22(23(31)18-19)25(32)30-15-4-5-16-30/h8-13,18,28,31H,2-5,14-17H2,1H3,(H2,27,29,33). The van der Waals surface area contributed by atoms with E-state index in [9.17, 15) is 14.7 Å². The molecule has 2 aromatic carbocycles. The second-order valence-corrected chi connectivity index (χ2v) is 7.93. The number of unbranched alkanes of at least 4 members (excludes halogenated alkanes) is 1. The van der Waals surface area contributed by atoms with Crippen molar-refractivity contribution in [3.05, 3.63) is 59.2 Å². The van der Waals surface area contributed by atoms with Crippen LogP contribution in [0.1, 0.15) is 54.1 Å². The van der Waals surface area contributed by atoms with Crippen molar-refractivity contribution >= 4 is 23.5 Å². The fourth-order valence-electron chi connectivity index (χ4n) is 3.43. The molecule has 2 amide bonds. The molecule has 1 aliphatic heterocycles. The molecule has 8 nitrogen and oxygen atoms in total. The Kier molecular flexibility index (Phi) is 8.92. The van der Waals surface area contributed by atoms with Gasteiger partial charge >= 0.3 is 6.09 Å². The van der Waals surface area contributed by atoms with E-state index >= 15 is 0 Å². The highest BCUT2D eigenvalue weighted by Gasteiger charge is 2.21. The molecule has 0 aromatic heterocycles. The number of hydrogen-bond acceptors (Lipinski definition) is 5. The summed E-state index contributed by atoms with van der Waals surface area (Å²) in [4.78, 5) is 29.6. The Hall–Kier alpha value is -3.99. The van der Waals surface area contributed by atoms with Crippen molar-refractivity contribution in [2.75, 3.05) is 31.6 Å². The Bertz CT molecular complexity index is 1090. The number of benzene rings is 2. The van der Waals surface area contributed by atoms with Gasteiger partial charge in [-0.15, -0.1) is 0 Å². The van der Waals surface area contributed by atoms with E-state index in [2.05, 4.69) is 22.2 Å². The number of nitrogens with two attached hydrogens (primary N) is 1.